The Balaban J connectivity index is 3.41. The van der Waals surface area contributed by atoms with Crippen LogP contribution in [0.3, 0.4) is 0 Å². The molecule has 0 fully saturated rings. The van der Waals surface area contributed by atoms with Gasteiger partial charge in [0.1, 0.15) is 36.0 Å². The Labute approximate surface area is 270 Å². The largest absolute Gasteiger partial charge is 0.508 e. The fourth-order valence-electron chi connectivity index (χ4n) is 3.96. The van der Waals surface area contributed by atoms with Crippen LogP contribution in [0.25, 0.3) is 0 Å². The van der Waals surface area contributed by atoms with Crippen LogP contribution >= 0.6 is 0 Å². The summed E-state index contributed by atoms with van der Waals surface area (Å²) in [5.41, 5.74) is 5.35. The highest BCUT2D eigenvalue weighted by Crippen LogP contribution is 2.12. The predicted octanol–water partition coefficient (Wildman–Crippen LogP) is -4.24. The number of carboxylic acids is 4. The minimum absolute atomic E-state index is 0.188. The first-order chi connectivity index (χ1) is 22.3. The molecule has 0 aromatic heterocycles. The van der Waals surface area contributed by atoms with E-state index in [0.717, 1.165) is 6.92 Å². The number of rotatable bonds is 20. The number of nitrogens with one attached hydrogen (secondary N) is 5. The van der Waals surface area contributed by atoms with Crippen molar-refractivity contribution in [3.8, 4) is 5.75 Å². The number of aliphatic carboxylic acids is 4. The molecule has 0 saturated heterocycles. The minimum Gasteiger partial charge on any atom is -0.508 e. The van der Waals surface area contributed by atoms with Crippen LogP contribution in [0.1, 0.15) is 38.2 Å². The van der Waals surface area contributed by atoms with Crippen LogP contribution in [0.4, 0.5) is 0 Å². The zero-order valence-electron chi connectivity index (χ0n) is 25.1. The van der Waals surface area contributed by atoms with Gasteiger partial charge >= 0.3 is 23.9 Å². The second-order valence-corrected chi connectivity index (χ2v) is 10.2. The van der Waals surface area contributed by atoms with Gasteiger partial charge in [-0.25, -0.2) is 0 Å². The van der Waals surface area contributed by atoms with Gasteiger partial charge in [0.15, 0.2) is 0 Å². The molecule has 0 aliphatic rings. The zero-order chi connectivity index (χ0) is 36.7. The number of hydrogen-bond acceptors (Lipinski definition) is 11. The number of hydrogen-bond donors (Lipinski definition) is 11. The molecule has 48 heavy (non-hydrogen) atoms. The molecule has 262 valence electrons. The highest BCUT2D eigenvalue weighted by Gasteiger charge is 2.34. The molecule has 0 saturated carbocycles. The summed E-state index contributed by atoms with van der Waals surface area (Å²) >= 11 is 0. The number of benzene rings is 1. The lowest BCUT2D eigenvalue weighted by atomic mass is 10.0. The first-order valence-corrected chi connectivity index (χ1v) is 13.7. The third-order valence-electron chi connectivity index (χ3n) is 6.14. The van der Waals surface area contributed by atoms with Crippen LogP contribution in [0.2, 0.25) is 0 Å². The summed E-state index contributed by atoms with van der Waals surface area (Å²) in [6, 6.07) is -4.21. The van der Waals surface area contributed by atoms with Gasteiger partial charge in [0.05, 0.1) is 25.7 Å². The van der Waals surface area contributed by atoms with Gasteiger partial charge in [0, 0.05) is 13.3 Å². The maximum absolute atomic E-state index is 13.4. The quantitative estimate of drug-likeness (QED) is 0.0620. The highest BCUT2D eigenvalue weighted by atomic mass is 16.4. The van der Waals surface area contributed by atoms with Gasteiger partial charge in [-0.1, -0.05) is 12.1 Å². The smallest absolute Gasteiger partial charge is 0.305 e. The fraction of sp³-hybridized carbons (Fsp3) is 0.407. The molecule has 0 heterocycles. The van der Waals surface area contributed by atoms with E-state index in [1.54, 1.807) is 0 Å². The molecular weight excluding hydrogens is 648 g/mol. The first kappa shape index (κ1) is 39.7. The molecule has 0 unspecified atom stereocenters. The molecule has 21 nitrogen and oxygen atoms in total. The molecule has 1 aromatic carbocycles. The molecule has 1 rings (SSSR count). The van der Waals surface area contributed by atoms with Crippen LogP contribution in [0, 0.1) is 0 Å². The summed E-state index contributed by atoms with van der Waals surface area (Å²) in [7, 11) is 0. The van der Waals surface area contributed by atoms with E-state index in [2.05, 4.69) is 10.6 Å². The standard InChI is InChI=1S/C27H34N6O15/c1-11(34)29-16(8-20(38)39)25(46)33-18(10-22(42)43)27(48)31-15(6-12-2-4-13(35)5-3-12)24(45)32-17(9-21(40)41)26(47)30-14(23(28)44)7-19(36)37/h2-5,14-18,35H,6-10H2,1H3,(H2,28,44)(H,29,34)(H,30,47)(H,31,48)(H,32,45)(H,33,46)(H,36,37)(H,38,39)(H,40,41)(H,42,43)/t14-,15-,16-,17-,18-/m0/s1. The average molecular weight is 683 g/mol. The van der Waals surface area contributed by atoms with Gasteiger partial charge < -0.3 is 57.9 Å². The van der Waals surface area contributed by atoms with Gasteiger partial charge in [-0.3, -0.25) is 47.9 Å². The van der Waals surface area contributed by atoms with Crippen molar-refractivity contribution in [2.24, 2.45) is 5.73 Å². The van der Waals surface area contributed by atoms with Crippen molar-refractivity contribution in [1.82, 2.24) is 26.6 Å². The van der Waals surface area contributed by atoms with Gasteiger partial charge in [0.2, 0.25) is 35.4 Å². The monoisotopic (exact) mass is 682 g/mol. The van der Waals surface area contributed by atoms with Gasteiger partial charge in [-0.05, 0) is 17.7 Å². The number of aromatic hydroxyl groups is 1. The van der Waals surface area contributed by atoms with Crippen LogP contribution in [-0.2, 0) is 54.4 Å². The summed E-state index contributed by atoms with van der Waals surface area (Å²) in [6.45, 7) is 0.966. The van der Waals surface area contributed by atoms with E-state index >= 15 is 0 Å². The first-order valence-electron chi connectivity index (χ1n) is 13.7. The maximum atomic E-state index is 13.4. The predicted molar refractivity (Wildman–Crippen MR) is 155 cm³/mol. The van der Waals surface area contributed by atoms with E-state index in [-0.39, 0.29) is 11.3 Å². The second-order valence-electron chi connectivity index (χ2n) is 10.2. The van der Waals surface area contributed by atoms with E-state index in [1.807, 2.05) is 16.0 Å². The van der Waals surface area contributed by atoms with Gasteiger partial charge in [-0.2, -0.15) is 0 Å². The van der Waals surface area contributed by atoms with E-state index in [0.29, 0.717) is 0 Å². The molecule has 5 atom stereocenters. The molecule has 0 aliphatic heterocycles. The summed E-state index contributed by atoms with van der Waals surface area (Å²) in [4.78, 5) is 121. The zero-order valence-corrected chi connectivity index (χ0v) is 25.1. The molecule has 1 aromatic rings. The number of phenolic OH excluding ortho intramolecular Hbond substituents is 1. The Morgan fingerprint density at radius 1 is 0.542 bits per heavy atom. The van der Waals surface area contributed by atoms with E-state index in [9.17, 15) is 63.3 Å². The average Bonchev–Trinajstić information content (AvgIpc) is 2.95. The third-order valence-corrected chi connectivity index (χ3v) is 6.14. The Bertz CT molecular complexity index is 1410. The molecule has 0 aliphatic carbocycles. The molecule has 0 spiro atoms. The van der Waals surface area contributed by atoms with Crippen molar-refractivity contribution >= 4 is 59.3 Å². The number of amides is 6. The molecule has 0 bridgehead atoms. The van der Waals surface area contributed by atoms with Gasteiger partial charge in [0.25, 0.3) is 0 Å². The van der Waals surface area contributed by atoms with Crippen molar-refractivity contribution in [2.75, 3.05) is 0 Å². The number of carbonyl (C=O) groups excluding carboxylic acids is 6. The Morgan fingerprint density at radius 2 is 0.854 bits per heavy atom. The van der Waals surface area contributed by atoms with Crippen molar-refractivity contribution < 1.29 is 73.5 Å². The minimum atomic E-state index is -1.98. The SMILES string of the molecule is CC(=O)N[C@@H](CC(=O)O)C(=O)N[C@@H](CC(=O)O)C(=O)N[C@@H](Cc1ccc(O)cc1)C(=O)N[C@@H](CC(=O)O)C(=O)N[C@@H](CC(=O)O)C(N)=O. The lowest BCUT2D eigenvalue weighted by Gasteiger charge is -2.26. The van der Waals surface area contributed by atoms with Crippen LogP contribution in [0.15, 0.2) is 24.3 Å². The van der Waals surface area contributed by atoms with Gasteiger partial charge in [-0.15, -0.1) is 0 Å². The number of phenols is 1. The highest BCUT2D eigenvalue weighted by molar-refractivity contribution is 5.99. The number of primary amides is 1. The molecule has 6 amide bonds. The van der Waals surface area contributed by atoms with Crippen LogP contribution < -0.4 is 32.3 Å². The molecule has 12 N–H and O–H groups in total. The topological polar surface area (TPSA) is 358 Å². The number of carbonyl (C=O) groups is 10. The Hall–Kier alpha value is -6.28. The summed E-state index contributed by atoms with van der Waals surface area (Å²) in [6.07, 6.45) is -4.59. The summed E-state index contributed by atoms with van der Waals surface area (Å²) in [5, 5.41) is 56.5. The maximum Gasteiger partial charge on any atom is 0.305 e. The van der Waals surface area contributed by atoms with Crippen molar-refractivity contribution in [3.63, 3.8) is 0 Å². The van der Waals surface area contributed by atoms with Crippen molar-refractivity contribution in [2.45, 2.75) is 69.2 Å². The fourth-order valence-corrected chi connectivity index (χ4v) is 3.96. The Kier molecular flexibility index (Phi) is 15.4. The second kappa shape index (κ2) is 18.6. The Morgan fingerprint density at radius 3 is 1.21 bits per heavy atom. The number of nitrogens with two attached hydrogens (primary N) is 1. The molecule has 21 heteroatoms. The molecule has 0 radical (unpaired) electrons. The van der Waals surface area contributed by atoms with E-state index in [4.69, 9.17) is 15.9 Å². The van der Waals surface area contributed by atoms with Crippen molar-refractivity contribution in [3.05, 3.63) is 29.8 Å². The van der Waals surface area contributed by atoms with Crippen LogP contribution in [-0.4, -0.2) is 115 Å². The van der Waals surface area contributed by atoms with Crippen LogP contribution in [0.5, 0.6) is 5.75 Å². The lowest BCUT2D eigenvalue weighted by molar-refractivity contribution is -0.143. The summed E-state index contributed by atoms with van der Waals surface area (Å²) < 4.78 is 0. The third kappa shape index (κ3) is 14.7. The van der Waals surface area contributed by atoms with E-state index < -0.39 is 122 Å². The molecular formula is C27H34N6O15. The van der Waals surface area contributed by atoms with Crippen molar-refractivity contribution in [1.29, 1.82) is 0 Å². The summed E-state index contributed by atoms with van der Waals surface area (Å²) in [5.74, 6) is -13.8. The van der Waals surface area contributed by atoms with E-state index in [1.165, 1.54) is 24.3 Å². The lowest BCUT2D eigenvalue weighted by Crippen LogP contribution is -2.60. The number of carboxylic acid groups (broad SMARTS) is 4. The normalized spacial score (nSPS) is 13.6.